The van der Waals surface area contributed by atoms with Crippen molar-refractivity contribution >= 4 is 0 Å². The number of ether oxygens (including phenoxy) is 1. The Labute approximate surface area is 91.8 Å². The molecule has 0 fully saturated rings. The Kier molecular flexibility index (Phi) is 4.59. The number of nitrogens with two attached hydrogens (primary N) is 1. The molecule has 0 spiro atoms. The quantitative estimate of drug-likeness (QED) is 0.752. The number of benzene rings is 1. The minimum atomic E-state index is -0.0869. The van der Waals surface area contributed by atoms with E-state index in [1.807, 2.05) is 24.3 Å². The Bertz CT molecular complexity index is 297. The number of methoxy groups -OCH3 is 1. The molecule has 0 amide bonds. The van der Waals surface area contributed by atoms with Crippen LogP contribution < -0.4 is 10.5 Å². The zero-order chi connectivity index (χ0) is 11.3. The number of hydrogen-bond acceptors (Lipinski definition) is 3. The molecule has 2 N–H and O–H groups in total. The fourth-order valence-corrected chi connectivity index (χ4v) is 1.72. The van der Waals surface area contributed by atoms with Crippen LogP contribution in [0.25, 0.3) is 0 Å². The normalized spacial score (nSPS) is 12.9. The summed E-state index contributed by atoms with van der Waals surface area (Å²) in [4.78, 5) is 2.19. The minimum absolute atomic E-state index is 0.0869. The van der Waals surface area contributed by atoms with Gasteiger partial charge in [-0.2, -0.15) is 0 Å². The minimum Gasteiger partial charge on any atom is -0.496 e. The molecule has 3 nitrogen and oxygen atoms in total. The van der Waals surface area contributed by atoms with Crippen LogP contribution in [0.3, 0.4) is 0 Å². The molecule has 0 aromatic heterocycles. The van der Waals surface area contributed by atoms with Crippen LogP contribution in [0, 0.1) is 0 Å². The molecule has 0 saturated carbocycles. The third-order valence-electron chi connectivity index (χ3n) is 2.66. The van der Waals surface area contributed by atoms with Gasteiger partial charge < -0.3 is 10.5 Å². The Morgan fingerprint density at radius 2 is 1.87 bits per heavy atom. The number of rotatable bonds is 5. The molecule has 0 heterocycles. The van der Waals surface area contributed by atoms with Crippen LogP contribution in [0.5, 0.6) is 5.75 Å². The van der Waals surface area contributed by atoms with Gasteiger partial charge in [-0.1, -0.05) is 32.0 Å². The maximum absolute atomic E-state index is 6.18. The van der Waals surface area contributed by atoms with E-state index in [0.717, 1.165) is 24.4 Å². The van der Waals surface area contributed by atoms with E-state index in [1.165, 1.54) is 0 Å². The molecule has 1 aromatic rings. The van der Waals surface area contributed by atoms with Crippen molar-refractivity contribution in [3.8, 4) is 5.75 Å². The monoisotopic (exact) mass is 208 g/mol. The summed E-state index contributed by atoms with van der Waals surface area (Å²) >= 11 is 0. The molecule has 1 rings (SSSR count). The van der Waals surface area contributed by atoms with Crippen LogP contribution in [-0.4, -0.2) is 25.1 Å². The SMILES string of the molecule is CCN(CC)C(N)c1ccccc1OC. The number of nitrogens with zero attached hydrogens (tertiary/aromatic N) is 1. The molecule has 0 aliphatic rings. The third-order valence-corrected chi connectivity index (χ3v) is 2.66. The molecule has 0 radical (unpaired) electrons. The van der Waals surface area contributed by atoms with Crippen LogP contribution >= 0.6 is 0 Å². The predicted octanol–water partition coefficient (Wildman–Crippen LogP) is 1.99. The maximum Gasteiger partial charge on any atom is 0.124 e. The van der Waals surface area contributed by atoms with E-state index in [9.17, 15) is 0 Å². The molecule has 0 aliphatic carbocycles. The topological polar surface area (TPSA) is 38.5 Å². The van der Waals surface area contributed by atoms with Gasteiger partial charge in [0.1, 0.15) is 5.75 Å². The van der Waals surface area contributed by atoms with Crippen LogP contribution in [0.2, 0.25) is 0 Å². The summed E-state index contributed by atoms with van der Waals surface area (Å²) in [6, 6.07) is 7.90. The predicted molar refractivity (Wildman–Crippen MR) is 62.8 cm³/mol. The van der Waals surface area contributed by atoms with E-state index >= 15 is 0 Å². The highest BCUT2D eigenvalue weighted by molar-refractivity contribution is 5.35. The molecule has 1 atom stereocenters. The zero-order valence-corrected chi connectivity index (χ0v) is 9.73. The average molecular weight is 208 g/mol. The lowest BCUT2D eigenvalue weighted by Crippen LogP contribution is -2.34. The highest BCUT2D eigenvalue weighted by Crippen LogP contribution is 2.25. The smallest absolute Gasteiger partial charge is 0.124 e. The molecule has 3 heteroatoms. The van der Waals surface area contributed by atoms with Crippen molar-refractivity contribution < 1.29 is 4.74 Å². The van der Waals surface area contributed by atoms with Crippen molar-refractivity contribution in [3.63, 3.8) is 0 Å². The van der Waals surface area contributed by atoms with Gasteiger partial charge in [-0.3, -0.25) is 4.90 Å². The third kappa shape index (κ3) is 2.70. The Morgan fingerprint density at radius 3 is 2.40 bits per heavy atom. The summed E-state index contributed by atoms with van der Waals surface area (Å²) in [5.41, 5.74) is 7.23. The van der Waals surface area contributed by atoms with E-state index in [4.69, 9.17) is 10.5 Å². The first-order valence-corrected chi connectivity index (χ1v) is 5.37. The van der Waals surface area contributed by atoms with E-state index < -0.39 is 0 Å². The fourth-order valence-electron chi connectivity index (χ4n) is 1.72. The standard InChI is InChI=1S/C12H20N2O/c1-4-14(5-2)12(13)10-8-6-7-9-11(10)15-3/h6-9,12H,4-5,13H2,1-3H3. The lowest BCUT2D eigenvalue weighted by atomic mass is 10.1. The molecule has 15 heavy (non-hydrogen) atoms. The van der Waals surface area contributed by atoms with Crippen LogP contribution in [-0.2, 0) is 0 Å². The van der Waals surface area contributed by atoms with Gasteiger partial charge in [0.05, 0.1) is 13.3 Å². The van der Waals surface area contributed by atoms with Gasteiger partial charge in [0.15, 0.2) is 0 Å². The number of hydrogen-bond donors (Lipinski definition) is 1. The van der Waals surface area contributed by atoms with Gasteiger partial charge in [0.2, 0.25) is 0 Å². The van der Waals surface area contributed by atoms with Gasteiger partial charge in [0.25, 0.3) is 0 Å². The lowest BCUT2D eigenvalue weighted by molar-refractivity contribution is 0.219. The van der Waals surface area contributed by atoms with Crippen LogP contribution in [0.15, 0.2) is 24.3 Å². The van der Waals surface area contributed by atoms with Crippen molar-refractivity contribution in [3.05, 3.63) is 29.8 Å². The first-order chi connectivity index (χ1) is 7.24. The Hall–Kier alpha value is -1.06. The zero-order valence-electron chi connectivity index (χ0n) is 9.73. The molecule has 0 saturated heterocycles. The first-order valence-electron chi connectivity index (χ1n) is 5.37. The van der Waals surface area contributed by atoms with Gasteiger partial charge in [-0.25, -0.2) is 0 Å². The second-order valence-electron chi connectivity index (χ2n) is 3.41. The highest BCUT2D eigenvalue weighted by Gasteiger charge is 2.16. The largest absolute Gasteiger partial charge is 0.496 e. The van der Waals surface area contributed by atoms with E-state index in [-0.39, 0.29) is 6.17 Å². The average Bonchev–Trinajstić information content (AvgIpc) is 2.30. The number of para-hydroxylation sites is 1. The summed E-state index contributed by atoms with van der Waals surface area (Å²) in [6.07, 6.45) is -0.0869. The van der Waals surface area contributed by atoms with E-state index in [2.05, 4.69) is 18.7 Å². The van der Waals surface area contributed by atoms with Crippen molar-refractivity contribution in [2.45, 2.75) is 20.0 Å². The summed E-state index contributed by atoms with van der Waals surface area (Å²) in [6.45, 7) is 6.10. The van der Waals surface area contributed by atoms with Crippen molar-refractivity contribution in [1.29, 1.82) is 0 Å². The van der Waals surface area contributed by atoms with Crippen molar-refractivity contribution in [2.24, 2.45) is 5.73 Å². The lowest BCUT2D eigenvalue weighted by Gasteiger charge is -2.27. The summed E-state index contributed by atoms with van der Waals surface area (Å²) < 4.78 is 5.30. The van der Waals surface area contributed by atoms with Gasteiger partial charge >= 0.3 is 0 Å². The van der Waals surface area contributed by atoms with Crippen molar-refractivity contribution in [2.75, 3.05) is 20.2 Å². The molecule has 0 aliphatic heterocycles. The van der Waals surface area contributed by atoms with Crippen LogP contribution in [0.1, 0.15) is 25.6 Å². The summed E-state index contributed by atoms with van der Waals surface area (Å²) in [7, 11) is 1.67. The molecule has 0 bridgehead atoms. The summed E-state index contributed by atoms with van der Waals surface area (Å²) in [5, 5.41) is 0. The maximum atomic E-state index is 6.18. The molecule has 1 unspecified atom stereocenters. The molecule has 1 aromatic carbocycles. The van der Waals surface area contributed by atoms with Gasteiger partial charge in [-0.05, 0) is 19.2 Å². The summed E-state index contributed by atoms with van der Waals surface area (Å²) in [5.74, 6) is 0.858. The van der Waals surface area contributed by atoms with Crippen molar-refractivity contribution in [1.82, 2.24) is 4.90 Å². The second-order valence-corrected chi connectivity index (χ2v) is 3.41. The highest BCUT2D eigenvalue weighted by atomic mass is 16.5. The van der Waals surface area contributed by atoms with Gasteiger partial charge in [-0.15, -0.1) is 0 Å². The first kappa shape index (κ1) is 12.0. The van der Waals surface area contributed by atoms with E-state index in [0.29, 0.717) is 0 Å². The fraction of sp³-hybridized carbons (Fsp3) is 0.500. The van der Waals surface area contributed by atoms with Gasteiger partial charge in [0, 0.05) is 5.56 Å². The molecular formula is C12H20N2O. The molecular weight excluding hydrogens is 188 g/mol. The molecule has 84 valence electrons. The second kappa shape index (κ2) is 5.73. The van der Waals surface area contributed by atoms with E-state index in [1.54, 1.807) is 7.11 Å². The van der Waals surface area contributed by atoms with Crippen LogP contribution in [0.4, 0.5) is 0 Å². The Balaban J connectivity index is 2.93. The Morgan fingerprint density at radius 1 is 1.27 bits per heavy atom.